The van der Waals surface area contributed by atoms with E-state index in [1.165, 1.54) is 5.56 Å². The first-order valence-electron chi connectivity index (χ1n) is 11.7. The van der Waals surface area contributed by atoms with Crippen molar-refractivity contribution in [3.8, 4) is 0 Å². The van der Waals surface area contributed by atoms with E-state index in [2.05, 4.69) is 24.3 Å². The van der Waals surface area contributed by atoms with Gasteiger partial charge in [0.2, 0.25) is 10.0 Å². The van der Waals surface area contributed by atoms with Gasteiger partial charge in [-0.05, 0) is 36.2 Å². The Morgan fingerprint density at radius 2 is 1.69 bits per heavy atom. The zero-order valence-electron chi connectivity index (χ0n) is 19.1. The lowest BCUT2D eigenvalue weighted by Gasteiger charge is -2.55. The van der Waals surface area contributed by atoms with Crippen molar-refractivity contribution in [3.05, 3.63) is 41.5 Å². The van der Waals surface area contributed by atoms with E-state index >= 15 is 0 Å². The van der Waals surface area contributed by atoms with Crippen molar-refractivity contribution >= 4 is 32.4 Å². The number of quaternary nitrogens is 2. The lowest BCUT2D eigenvalue weighted by molar-refractivity contribution is -1.08. The summed E-state index contributed by atoms with van der Waals surface area (Å²) in [5, 5.41) is 2.25. The van der Waals surface area contributed by atoms with Gasteiger partial charge >= 0.3 is 0 Å². The Kier molecular flexibility index (Phi) is 5.03. The number of carbonyl (C=O) groups is 1. The van der Waals surface area contributed by atoms with Crippen LogP contribution >= 0.6 is 0 Å². The molecule has 172 valence electrons. The smallest absolute Gasteiger partial charge is 0.272 e. The number of anilines is 1. The number of hydrogen-bond donors (Lipinski definition) is 1. The number of hydrogen-bond acceptors (Lipinski definition) is 3. The van der Waals surface area contributed by atoms with Crippen LogP contribution < -0.4 is 10.0 Å². The van der Waals surface area contributed by atoms with Crippen molar-refractivity contribution in [1.82, 2.24) is 0 Å². The molecule has 1 amide bonds. The van der Waals surface area contributed by atoms with E-state index in [1.807, 2.05) is 19.9 Å². The molecule has 6 rings (SSSR count). The molecule has 8 heteroatoms. The van der Waals surface area contributed by atoms with E-state index in [-0.39, 0.29) is 17.7 Å². The molecule has 3 fully saturated rings. The van der Waals surface area contributed by atoms with Crippen molar-refractivity contribution in [2.45, 2.75) is 32.1 Å². The highest BCUT2D eigenvalue weighted by Gasteiger charge is 2.49. The van der Waals surface area contributed by atoms with Crippen molar-refractivity contribution < 1.29 is 22.2 Å². The molecule has 0 radical (unpaired) electrons. The fourth-order valence-electron chi connectivity index (χ4n) is 6.29. The van der Waals surface area contributed by atoms with Gasteiger partial charge in [-0.1, -0.05) is 24.3 Å². The van der Waals surface area contributed by atoms with Crippen LogP contribution in [-0.2, 0) is 27.0 Å². The normalized spacial score (nSPS) is 28.4. The molecule has 4 aliphatic rings. The van der Waals surface area contributed by atoms with E-state index in [9.17, 15) is 13.2 Å². The van der Waals surface area contributed by atoms with Gasteiger partial charge in [0.05, 0.1) is 18.0 Å². The second kappa shape index (κ2) is 7.43. The quantitative estimate of drug-likeness (QED) is 0.668. The Morgan fingerprint density at radius 1 is 1.03 bits per heavy atom. The molecule has 7 nitrogen and oxygen atoms in total. The van der Waals surface area contributed by atoms with E-state index < -0.39 is 10.0 Å². The van der Waals surface area contributed by atoms with Crippen molar-refractivity contribution in [2.75, 3.05) is 56.7 Å². The van der Waals surface area contributed by atoms with Crippen LogP contribution in [0.5, 0.6) is 0 Å². The molecule has 2 N–H and O–H groups in total. The van der Waals surface area contributed by atoms with Gasteiger partial charge in [0, 0.05) is 18.0 Å². The number of nitrogens with two attached hydrogens (primary N) is 1. The molecular weight excluding hydrogens is 424 g/mol. The Labute approximate surface area is 190 Å². The lowest BCUT2D eigenvalue weighted by atomic mass is 9.95. The number of rotatable bonds is 6. The maximum atomic E-state index is 12.9. The first-order valence-corrected chi connectivity index (χ1v) is 13.3. The number of fused-ring (bicyclic) bond motifs is 6. The molecule has 4 aliphatic heterocycles. The third kappa shape index (κ3) is 3.49. The van der Waals surface area contributed by atoms with Crippen LogP contribution in [0.3, 0.4) is 0 Å². The summed E-state index contributed by atoms with van der Waals surface area (Å²) in [6.07, 6.45) is 0.936. The molecule has 2 bridgehead atoms. The van der Waals surface area contributed by atoms with Gasteiger partial charge in [0.1, 0.15) is 39.3 Å². The minimum atomic E-state index is -3.33. The molecule has 0 unspecified atom stereocenters. The number of benzene rings is 2. The van der Waals surface area contributed by atoms with Gasteiger partial charge in [-0.3, -0.25) is 9.10 Å². The van der Waals surface area contributed by atoms with Crippen molar-refractivity contribution in [3.63, 3.8) is 0 Å². The monoisotopic (exact) mass is 458 g/mol. The van der Waals surface area contributed by atoms with E-state index in [0.717, 1.165) is 83.2 Å². The molecule has 3 saturated heterocycles. The number of amides is 1. The average molecular weight is 459 g/mol. The van der Waals surface area contributed by atoms with Crippen LogP contribution in [0.25, 0.3) is 10.8 Å². The summed E-state index contributed by atoms with van der Waals surface area (Å²) in [4.78, 5) is 11.5. The number of sulfonamides is 1. The summed E-state index contributed by atoms with van der Waals surface area (Å²) in [7, 11) is -3.33. The second-order valence-corrected chi connectivity index (χ2v) is 12.2. The summed E-state index contributed by atoms with van der Waals surface area (Å²) in [5.41, 5.74) is 8.56. The minimum Gasteiger partial charge on any atom is -0.365 e. The predicted molar refractivity (Wildman–Crippen MR) is 127 cm³/mol. The Morgan fingerprint density at radius 3 is 2.31 bits per heavy atom. The first kappa shape index (κ1) is 21.7. The lowest BCUT2D eigenvalue weighted by Crippen LogP contribution is -2.76. The van der Waals surface area contributed by atoms with Crippen molar-refractivity contribution in [2.24, 2.45) is 5.73 Å². The number of primary amides is 1. The SMILES string of the molecule is CC(C)N1c2ccc3cccc(CC[N+]45CC[N+](CC(N)=O)(CC4)CC5)c3c2CS1(=O)=O. The summed E-state index contributed by atoms with van der Waals surface area (Å²) < 4.78 is 29.4. The first-order chi connectivity index (χ1) is 15.1. The fourth-order valence-corrected chi connectivity index (χ4v) is 8.20. The third-order valence-electron chi connectivity index (χ3n) is 8.04. The Balaban J connectivity index is 1.43. The molecule has 0 aromatic heterocycles. The zero-order chi connectivity index (χ0) is 22.7. The van der Waals surface area contributed by atoms with Crippen LogP contribution in [0.1, 0.15) is 25.0 Å². The fraction of sp³-hybridized carbons (Fsp3) is 0.542. The molecule has 2 aromatic rings. The summed E-state index contributed by atoms with van der Waals surface area (Å²) >= 11 is 0. The Bertz CT molecular complexity index is 1170. The van der Waals surface area contributed by atoms with Crippen LogP contribution in [0.2, 0.25) is 0 Å². The molecule has 2 aromatic carbocycles. The number of carbonyl (C=O) groups excluding carboxylic acids is 1. The predicted octanol–water partition coefficient (Wildman–Crippen LogP) is 1.59. The molecule has 32 heavy (non-hydrogen) atoms. The van der Waals surface area contributed by atoms with Crippen LogP contribution in [-0.4, -0.2) is 81.7 Å². The molecule has 0 spiro atoms. The van der Waals surface area contributed by atoms with Gasteiger partial charge in [-0.2, -0.15) is 0 Å². The maximum absolute atomic E-state index is 12.9. The summed E-state index contributed by atoms with van der Waals surface area (Å²) in [6.45, 7) is 11.7. The zero-order valence-corrected chi connectivity index (χ0v) is 19.9. The highest BCUT2D eigenvalue weighted by atomic mass is 32.2. The highest BCUT2D eigenvalue weighted by Crippen LogP contribution is 2.41. The van der Waals surface area contributed by atoms with E-state index in [0.29, 0.717) is 6.54 Å². The van der Waals surface area contributed by atoms with Crippen LogP contribution in [0.4, 0.5) is 5.69 Å². The topological polar surface area (TPSA) is 80.5 Å². The van der Waals surface area contributed by atoms with Gasteiger partial charge in [0.25, 0.3) is 5.91 Å². The van der Waals surface area contributed by atoms with Gasteiger partial charge in [-0.15, -0.1) is 0 Å². The van der Waals surface area contributed by atoms with Crippen LogP contribution in [0, 0.1) is 0 Å². The van der Waals surface area contributed by atoms with Gasteiger partial charge in [0.15, 0.2) is 6.54 Å². The van der Waals surface area contributed by atoms with Crippen LogP contribution in [0.15, 0.2) is 30.3 Å². The molecule has 0 atom stereocenters. The summed E-state index contributed by atoms with van der Waals surface area (Å²) in [6, 6.07) is 10.3. The van der Waals surface area contributed by atoms with Crippen molar-refractivity contribution in [1.29, 1.82) is 0 Å². The Hall–Kier alpha value is -2.16. The van der Waals surface area contributed by atoms with E-state index in [4.69, 9.17) is 5.73 Å². The van der Waals surface area contributed by atoms with E-state index in [1.54, 1.807) is 4.31 Å². The standard InChI is InChI=1S/C24H33N4O3S/c1-18(2)26-22-7-6-19-4-3-5-20(24(19)21(22)17-32(26,30)31)8-9-27-10-13-28(14-11-27,15-12-27)16-23(25)29/h3-7,18H,8-17H2,1-2H3,(H-,25,29)/q+1/p+1. The molecule has 0 aliphatic carbocycles. The highest BCUT2D eigenvalue weighted by molar-refractivity contribution is 7.92. The molecule has 0 saturated carbocycles. The maximum Gasteiger partial charge on any atom is 0.272 e. The van der Waals surface area contributed by atoms with Gasteiger partial charge < -0.3 is 14.7 Å². The second-order valence-electron chi connectivity index (χ2n) is 10.3. The third-order valence-corrected chi connectivity index (χ3v) is 9.91. The number of nitrogens with zero attached hydrogens (tertiary/aromatic N) is 3. The largest absolute Gasteiger partial charge is 0.365 e. The number of piperazine rings is 3. The minimum absolute atomic E-state index is 0.0853. The molecule has 4 heterocycles. The molecular formula is C24H34N4O3S+2. The average Bonchev–Trinajstić information content (AvgIpc) is 3.03. The van der Waals surface area contributed by atoms with Gasteiger partial charge in [-0.25, -0.2) is 8.42 Å². The summed E-state index contributed by atoms with van der Waals surface area (Å²) in [5.74, 6) is -0.107.